The highest BCUT2D eigenvalue weighted by molar-refractivity contribution is 14.1. The van der Waals surface area contributed by atoms with Crippen molar-refractivity contribution in [3.8, 4) is 0 Å². The highest BCUT2D eigenvalue weighted by atomic mass is 127. The van der Waals surface area contributed by atoms with E-state index in [0.29, 0.717) is 16.5 Å². The maximum atomic E-state index is 11.9. The molecule has 2 rings (SSSR count). The average molecular weight is 362 g/mol. The zero-order valence-corrected chi connectivity index (χ0v) is 12.1. The first-order valence-electron chi connectivity index (χ1n) is 5.87. The van der Waals surface area contributed by atoms with Crippen LogP contribution >= 0.6 is 22.6 Å². The second-order valence-electron chi connectivity index (χ2n) is 4.12. The molecule has 0 radical (unpaired) electrons. The molecule has 7 heteroatoms. The number of nitrogens with one attached hydrogen (secondary N) is 1. The van der Waals surface area contributed by atoms with Crippen LogP contribution in [0.5, 0.6) is 0 Å². The summed E-state index contributed by atoms with van der Waals surface area (Å²) in [6.45, 7) is 3.58. The molecule has 1 amide bonds. The van der Waals surface area contributed by atoms with Crippen molar-refractivity contribution in [3.05, 3.63) is 26.4 Å². The van der Waals surface area contributed by atoms with Crippen molar-refractivity contribution >= 4 is 28.5 Å². The molecule has 0 atom stereocenters. The molecule has 6 nitrogen and oxygen atoms in total. The Morgan fingerprint density at radius 3 is 2.89 bits per heavy atom. The van der Waals surface area contributed by atoms with Crippen molar-refractivity contribution in [2.45, 2.75) is 13.0 Å². The molecule has 1 N–H and O–H groups in total. The molecule has 0 unspecified atom stereocenters. The summed E-state index contributed by atoms with van der Waals surface area (Å²) < 4.78 is 2.06. The van der Waals surface area contributed by atoms with Gasteiger partial charge in [-0.2, -0.15) is 0 Å². The van der Waals surface area contributed by atoms with Gasteiger partial charge in [-0.1, -0.05) is 0 Å². The van der Waals surface area contributed by atoms with Crippen LogP contribution in [0.4, 0.5) is 0 Å². The number of aromatic nitrogens is 2. The van der Waals surface area contributed by atoms with E-state index in [1.165, 1.54) is 17.1 Å². The third-order valence-electron chi connectivity index (χ3n) is 2.90. The van der Waals surface area contributed by atoms with E-state index in [0.717, 1.165) is 26.2 Å². The molecule has 1 aliphatic rings. The van der Waals surface area contributed by atoms with Gasteiger partial charge >= 0.3 is 0 Å². The number of rotatable bonds is 3. The first-order chi connectivity index (χ1) is 8.68. The third-order valence-corrected chi connectivity index (χ3v) is 3.64. The zero-order valence-electron chi connectivity index (χ0n) is 9.93. The smallest absolute Gasteiger partial charge is 0.266 e. The van der Waals surface area contributed by atoms with Crippen molar-refractivity contribution in [2.24, 2.45) is 0 Å². The fourth-order valence-corrected chi connectivity index (χ4v) is 2.34. The van der Waals surface area contributed by atoms with E-state index in [9.17, 15) is 9.59 Å². The monoisotopic (exact) mass is 362 g/mol. The van der Waals surface area contributed by atoms with Crippen molar-refractivity contribution in [3.63, 3.8) is 0 Å². The van der Waals surface area contributed by atoms with Crippen LogP contribution in [0.1, 0.15) is 6.42 Å². The van der Waals surface area contributed by atoms with Crippen molar-refractivity contribution in [2.75, 3.05) is 26.2 Å². The Kier molecular flexibility index (Phi) is 4.70. The number of amides is 1. The van der Waals surface area contributed by atoms with E-state index in [2.05, 4.69) is 10.3 Å². The predicted molar refractivity (Wildman–Crippen MR) is 75.3 cm³/mol. The van der Waals surface area contributed by atoms with Gasteiger partial charge in [0.1, 0.15) is 0 Å². The SMILES string of the molecule is O=C(CCn1cncc(I)c1=O)N1CCNCC1. The maximum absolute atomic E-state index is 11.9. The molecule has 0 spiro atoms. The average Bonchev–Trinajstić information content (AvgIpc) is 2.41. The van der Waals surface area contributed by atoms with Gasteiger partial charge in [-0.15, -0.1) is 0 Å². The Hall–Kier alpha value is -0.960. The normalized spacial score (nSPS) is 15.7. The van der Waals surface area contributed by atoms with E-state index in [1.54, 1.807) is 0 Å². The lowest BCUT2D eigenvalue weighted by molar-refractivity contribution is -0.132. The van der Waals surface area contributed by atoms with E-state index >= 15 is 0 Å². The van der Waals surface area contributed by atoms with E-state index in [-0.39, 0.29) is 11.5 Å². The number of aryl methyl sites for hydroxylation is 1. The lowest BCUT2D eigenvalue weighted by atomic mass is 10.3. The fraction of sp³-hybridized carbons (Fsp3) is 0.545. The molecule has 0 aliphatic carbocycles. The van der Waals surface area contributed by atoms with Crippen LogP contribution in [0.25, 0.3) is 0 Å². The standard InChI is InChI=1S/C11H15IN4O2/c12-9-7-14-8-16(11(9)18)4-1-10(17)15-5-2-13-3-6-15/h7-8,13H,1-6H2. The number of carbonyl (C=O) groups excluding carboxylic acids is 1. The Labute approximate surface area is 119 Å². The number of piperazine rings is 1. The molecule has 1 fully saturated rings. The van der Waals surface area contributed by atoms with Crippen LogP contribution in [-0.4, -0.2) is 46.5 Å². The largest absolute Gasteiger partial charge is 0.340 e. The molecule has 0 bridgehead atoms. The molecular weight excluding hydrogens is 347 g/mol. The molecule has 18 heavy (non-hydrogen) atoms. The van der Waals surface area contributed by atoms with E-state index in [1.807, 2.05) is 27.5 Å². The summed E-state index contributed by atoms with van der Waals surface area (Å²) in [5.41, 5.74) is -0.0845. The predicted octanol–water partition coefficient (Wildman–Crippen LogP) is -0.330. The van der Waals surface area contributed by atoms with Crippen molar-refractivity contribution in [1.29, 1.82) is 0 Å². The van der Waals surface area contributed by atoms with Crippen LogP contribution < -0.4 is 10.9 Å². The Bertz CT molecular complexity index is 482. The van der Waals surface area contributed by atoms with Crippen molar-refractivity contribution < 1.29 is 4.79 Å². The number of hydrogen-bond donors (Lipinski definition) is 1. The first-order valence-corrected chi connectivity index (χ1v) is 6.95. The molecular formula is C11H15IN4O2. The van der Waals surface area contributed by atoms with Crippen LogP contribution in [0, 0.1) is 3.57 Å². The van der Waals surface area contributed by atoms with Crippen LogP contribution in [0.3, 0.4) is 0 Å². The second kappa shape index (κ2) is 6.28. The number of hydrogen-bond acceptors (Lipinski definition) is 4. The Balaban J connectivity index is 1.92. The summed E-state index contributed by atoms with van der Waals surface area (Å²) in [5, 5.41) is 3.20. The lowest BCUT2D eigenvalue weighted by Gasteiger charge is -2.27. The molecule has 0 saturated carbocycles. The fourth-order valence-electron chi connectivity index (χ4n) is 1.87. The van der Waals surface area contributed by atoms with Gasteiger partial charge in [-0.3, -0.25) is 14.2 Å². The minimum absolute atomic E-state index is 0.0845. The van der Waals surface area contributed by atoms with Gasteiger partial charge in [-0.25, -0.2) is 4.98 Å². The number of carbonyl (C=O) groups is 1. The van der Waals surface area contributed by atoms with E-state index < -0.39 is 0 Å². The van der Waals surface area contributed by atoms with Gasteiger partial charge in [0.2, 0.25) is 5.91 Å². The first kappa shape index (κ1) is 13.5. The van der Waals surface area contributed by atoms with Gasteiger partial charge in [0.15, 0.2) is 0 Å². The molecule has 1 aromatic heterocycles. The highest BCUT2D eigenvalue weighted by Crippen LogP contribution is 1.99. The highest BCUT2D eigenvalue weighted by Gasteiger charge is 2.15. The molecule has 2 heterocycles. The number of halogens is 1. The molecule has 1 saturated heterocycles. The van der Waals surface area contributed by atoms with Crippen LogP contribution in [-0.2, 0) is 11.3 Å². The molecule has 1 aliphatic heterocycles. The summed E-state index contributed by atoms with van der Waals surface area (Å²) >= 11 is 1.95. The summed E-state index contributed by atoms with van der Waals surface area (Å²) in [4.78, 5) is 29.5. The molecule has 98 valence electrons. The van der Waals surface area contributed by atoms with Gasteiger partial charge < -0.3 is 10.2 Å². The Morgan fingerprint density at radius 1 is 1.44 bits per heavy atom. The van der Waals surface area contributed by atoms with Gasteiger partial charge in [0.25, 0.3) is 5.56 Å². The summed E-state index contributed by atoms with van der Waals surface area (Å²) in [6.07, 6.45) is 3.36. The second-order valence-corrected chi connectivity index (χ2v) is 5.28. The number of nitrogens with zero attached hydrogens (tertiary/aromatic N) is 3. The molecule has 1 aromatic rings. The third kappa shape index (κ3) is 3.29. The maximum Gasteiger partial charge on any atom is 0.266 e. The minimum atomic E-state index is -0.0845. The summed E-state index contributed by atoms with van der Waals surface area (Å²) in [5.74, 6) is 0.0993. The van der Waals surface area contributed by atoms with Gasteiger partial charge in [0.05, 0.1) is 9.90 Å². The zero-order chi connectivity index (χ0) is 13.0. The lowest BCUT2D eigenvalue weighted by Crippen LogP contribution is -2.46. The Morgan fingerprint density at radius 2 is 2.17 bits per heavy atom. The van der Waals surface area contributed by atoms with Crippen LogP contribution in [0.2, 0.25) is 0 Å². The van der Waals surface area contributed by atoms with Crippen molar-refractivity contribution in [1.82, 2.24) is 19.8 Å². The van der Waals surface area contributed by atoms with Crippen LogP contribution in [0.15, 0.2) is 17.3 Å². The topological polar surface area (TPSA) is 67.2 Å². The van der Waals surface area contributed by atoms with E-state index in [4.69, 9.17) is 0 Å². The minimum Gasteiger partial charge on any atom is -0.340 e. The molecule has 0 aromatic carbocycles. The van der Waals surface area contributed by atoms with Gasteiger partial charge in [0, 0.05) is 45.3 Å². The van der Waals surface area contributed by atoms with Gasteiger partial charge in [-0.05, 0) is 22.6 Å². The quantitative estimate of drug-likeness (QED) is 0.748. The summed E-state index contributed by atoms with van der Waals surface area (Å²) in [6, 6.07) is 0. The summed E-state index contributed by atoms with van der Waals surface area (Å²) in [7, 11) is 0.